The number of hydrogen-bond donors (Lipinski definition) is 1. The summed E-state index contributed by atoms with van der Waals surface area (Å²) in [5.41, 5.74) is 0. The second kappa shape index (κ2) is 5.74. The monoisotopic (exact) mass is 272 g/mol. The van der Waals surface area contributed by atoms with E-state index in [2.05, 4.69) is 12.2 Å². The van der Waals surface area contributed by atoms with Crippen LogP contribution in [0.2, 0.25) is 4.34 Å². The van der Waals surface area contributed by atoms with Crippen molar-refractivity contribution < 1.29 is 4.79 Å². The van der Waals surface area contributed by atoms with Gasteiger partial charge in [0, 0.05) is 18.0 Å². The Morgan fingerprint density at radius 1 is 1.53 bits per heavy atom. The number of carbonyl (C=O) groups is 1. The van der Waals surface area contributed by atoms with Gasteiger partial charge in [0.1, 0.15) is 0 Å². The third-order valence-electron chi connectivity index (χ3n) is 3.11. The molecule has 1 fully saturated rings. The van der Waals surface area contributed by atoms with Crippen molar-refractivity contribution in [3.8, 4) is 0 Å². The Morgan fingerprint density at radius 2 is 2.24 bits per heavy atom. The van der Waals surface area contributed by atoms with Gasteiger partial charge in [-0.3, -0.25) is 0 Å². The van der Waals surface area contributed by atoms with Gasteiger partial charge >= 0.3 is 6.03 Å². The Bertz CT molecular complexity index is 386. The third kappa shape index (κ3) is 3.61. The van der Waals surface area contributed by atoms with Crippen molar-refractivity contribution in [3.05, 3.63) is 21.3 Å². The lowest BCUT2D eigenvalue weighted by Crippen LogP contribution is -2.43. The molecule has 2 rings (SSSR count). The van der Waals surface area contributed by atoms with Crippen LogP contribution in [0.5, 0.6) is 0 Å². The molecule has 5 heteroatoms. The maximum absolute atomic E-state index is 11.9. The van der Waals surface area contributed by atoms with Crippen LogP contribution in [0.25, 0.3) is 0 Å². The van der Waals surface area contributed by atoms with Gasteiger partial charge in [0.25, 0.3) is 0 Å². The largest absolute Gasteiger partial charge is 0.333 e. The molecule has 0 aliphatic carbocycles. The van der Waals surface area contributed by atoms with Crippen LogP contribution in [0.4, 0.5) is 4.79 Å². The molecule has 1 N–H and O–H groups in total. The lowest BCUT2D eigenvalue weighted by molar-refractivity contribution is 0.173. The smallest absolute Gasteiger partial charge is 0.317 e. The quantitative estimate of drug-likeness (QED) is 0.880. The zero-order chi connectivity index (χ0) is 12.3. The first kappa shape index (κ1) is 12.7. The van der Waals surface area contributed by atoms with Crippen molar-refractivity contribution >= 4 is 29.0 Å². The van der Waals surface area contributed by atoms with Crippen molar-refractivity contribution in [2.75, 3.05) is 13.1 Å². The molecule has 3 nitrogen and oxygen atoms in total. The van der Waals surface area contributed by atoms with E-state index in [9.17, 15) is 4.79 Å². The van der Waals surface area contributed by atoms with Crippen molar-refractivity contribution in [2.24, 2.45) is 5.92 Å². The number of halogens is 1. The van der Waals surface area contributed by atoms with E-state index in [0.29, 0.717) is 6.54 Å². The number of hydrogen-bond acceptors (Lipinski definition) is 2. The molecule has 0 bridgehead atoms. The van der Waals surface area contributed by atoms with Gasteiger partial charge in [-0.05, 0) is 30.9 Å². The highest BCUT2D eigenvalue weighted by molar-refractivity contribution is 7.16. The van der Waals surface area contributed by atoms with Gasteiger partial charge in [0.2, 0.25) is 0 Å². The van der Waals surface area contributed by atoms with Crippen molar-refractivity contribution in [2.45, 2.75) is 26.3 Å². The Morgan fingerprint density at radius 3 is 2.82 bits per heavy atom. The maximum atomic E-state index is 11.9. The molecule has 0 radical (unpaired) electrons. The SMILES string of the molecule is CC1CCN(C(=O)NCc2ccc(Cl)s2)CC1. The molecular formula is C12H17ClN2OS. The van der Waals surface area contributed by atoms with Gasteiger partial charge in [-0.1, -0.05) is 18.5 Å². The highest BCUT2D eigenvalue weighted by Crippen LogP contribution is 2.21. The zero-order valence-corrected chi connectivity index (χ0v) is 11.5. The maximum Gasteiger partial charge on any atom is 0.317 e. The summed E-state index contributed by atoms with van der Waals surface area (Å²) in [7, 11) is 0. The number of nitrogens with zero attached hydrogens (tertiary/aromatic N) is 1. The van der Waals surface area contributed by atoms with Crippen LogP contribution in [0, 0.1) is 5.92 Å². The van der Waals surface area contributed by atoms with Gasteiger partial charge in [-0.2, -0.15) is 0 Å². The molecule has 0 unspecified atom stereocenters. The summed E-state index contributed by atoms with van der Waals surface area (Å²) in [5.74, 6) is 0.746. The van der Waals surface area contributed by atoms with Gasteiger partial charge < -0.3 is 10.2 Å². The molecule has 0 spiro atoms. The minimum Gasteiger partial charge on any atom is -0.333 e. The van der Waals surface area contributed by atoms with E-state index < -0.39 is 0 Å². The van der Waals surface area contributed by atoms with Crippen LogP contribution in [0.1, 0.15) is 24.6 Å². The molecular weight excluding hydrogens is 256 g/mol. The standard InChI is InChI=1S/C12H17ClN2OS/c1-9-4-6-15(7-5-9)12(16)14-8-10-2-3-11(13)17-10/h2-3,9H,4-8H2,1H3,(H,14,16). The summed E-state index contributed by atoms with van der Waals surface area (Å²) in [5, 5.41) is 2.94. The van der Waals surface area contributed by atoms with Crippen LogP contribution >= 0.6 is 22.9 Å². The fraction of sp³-hybridized carbons (Fsp3) is 0.583. The minimum atomic E-state index is 0.0430. The Hall–Kier alpha value is -0.740. The van der Waals surface area contributed by atoms with Crippen LogP contribution in [-0.4, -0.2) is 24.0 Å². The van der Waals surface area contributed by atoms with E-state index in [0.717, 1.165) is 41.1 Å². The molecule has 2 heterocycles. The fourth-order valence-electron chi connectivity index (χ4n) is 1.93. The molecule has 0 saturated carbocycles. The van der Waals surface area contributed by atoms with Crippen LogP contribution < -0.4 is 5.32 Å². The first-order valence-electron chi connectivity index (χ1n) is 5.92. The molecule has 2 amide bonds. The van der Waals surface area contributed by atoms with Crippen molar-refractivity contribution in [1.29, 1.82) is 0 Å². The predicted molar refractivity (Wildman–Crippen MR) is 71.5 cm³/mol. The average Bonchev–Trinajstić information content (AvgIpc) is 2.73. The van der Waals surface area contributed by atoms with Gasteiger partial charge in [0.05, 0.1) is 10.9 Å². The fourth-order valence-corrected chi connectivity index (χ4v) is 2.96. The molecule has 1 aliphatic rings. The van der Waals surface area contributed by atoms with Crippen LogP contribution in [-0.2, 0) is 6.54 Å². The predicted octanol–water partition coefficient (Wildman–Crippen LogP) is 3.34. The molecule has 0 atom stereocenters. The number of likely N-dealkylation sites (tertiary alicyclic amines) is 1. The van der Waals surface area contributed by atoms with Crippen LogP contribution in [0.3, 0.4) is 0 Å². The van der Waals surface area contributed by atoms with Crippen LogP contribution in [0.15, 0.2) is 12.1 Å². The van der Waals surface area contributed by atoms with Gasteiger partial charge in [-0.25, -0.2) is 4.79 Å². The summed E-state index contributed by atoms with van der Waals surface area (Å²) < 4.78 is 0.765. The summed E-state index contributed by atoms with van der Waals surface area (Å²) in [6.07, 6.45) is 2.22. The van der Waals surface area contributed by atoms with Crippen molar-refractivity contribution in [3.63, 3.8) is 0 Å². The van der Waals surface area contributed by atoms with E-state index in [4.69, 9.17) is 11.6 Å². The normalized spacial score (nSPS) is 17.2. The Kier molecular flexibility index (Phi) is 4.29. The molecule has 94 valence electrons. The number of thiophene rings is 1. The van der Waals surface area contributed by atoms with E-state index >= 15 is 0 Å². The second-order valence-corrected chi connectivity index (χ2v) is 6.33. The highest BCUT2D eigenvalue weighted by Gasteiger charge is 2.19. The topological polar surface area (TPSA) is 32.3 Å². The van der Waals surface area contributed by atoms with E-state index in [1.165, 1.54) is 11.3 Å². The summed E-state index contributed by atoms with van der Waals surface area (Å²) >= 11 is 7.34. The molecule has 0 aromatic carbocycles. The lowest BCUT2D eigenvalue weighted by Gasteiger charge is -2.30. The number of amides is 2. The molecule has 1 saturated heterocycles. The first-order valence-corrected chi connectivity index (χ1v) is 7.11. The molecule has 1 aliphatic heterocycles. The van der Waals surface area contributed by atoms with E-state index in [1.54, 1.807) is 0 Å². The molecule has 17 heavy (non-hydrogen) atoms. The zero-order valence-electron chi connectivity index (χ0n) is 9.91. The Labute approximate surface area is 111 Å². The summed E-state index contributed by atoms with van der Waals surface area (Å²) in [4.78, 5) is 14.9. The van der Waals surface area contributed by atoms with Gasteiger partial charge in [0.15, 0.2) is 0 Å². The molecule has 1 aromatic heterocycles. The molecule has 1 aromatic rings. The average molecular weight is 273 g/mol. The number of rotatable bonds is 2. The third-order valence-corrected chi connectivity index (χ3v) is 4.34. The Balaban J connectivity index is 1.77. The van der Waals surface area contributed by atoms with E-state index in [1.807, 2.05) is 17.0 Å². The summed E-state index contributed by atoms with van der Waals surface area (Å²) in [6, 6.07) is 3.85. The number of carbonyl (C=O) groups excluding carboxylic acids is 1. The lowest BCUT2D eigenvalue weighted by atomic mass is 10.00. The second-order valence-electron chi connectivity index (χ2n) is 4.53. The number of urea groups is 1. The minimum absolute atomic E-state index is 0.0430. The van der Waals surface area contributed by atoms with Gasteiger partial charge in [-0.15, -0.1) is 11.3 Å². The first-order chi connectivity index (χ1) is 8.15. The summed E-state index contributed by atoms with van der Waals surface area (Å²) in [6.45, 7) is 4.56. The number of piperidine rings is 1. The van der Waals surface area contributed by atoms with Crippen molar-refractivity contribution in [1.82, 2.24) is 10.2 Å². The number of nitrogens with one attached hydrogen (secondary N) is 1. The van der Waals surface area contributed by atoms with E-state index in [-0.39, 0.29) is 6.03 Å². The highest BCUT2D eigenvalue weighted by atomic mass is 35.5.